The minimum Gasteiger partial charge on any atom is -0.503 e. The van der Waals surface area contributed by atoms with E-state index in [1.807, 2.05) is 0 Å². The largest absolute Gasteiger partial charge is 0.503 e. The number of phenols is 1. The standard InChI is InChI=1S/C10H10F2O2/c11-7-2-1-6(8(12)9(7)13)5-10(14)3-4-10/h1-2,13-14H,3-5H2. The predicted octanol–water partition coefficient (Wildman–Crippen LogP) is 1.74. The summed E-state index contributed by atoms with van der Waals surface area (Å²) in [6.07, 6.45) is 1.39. The lowest BCUT2D eigenvalue weighted by Gasteiger charge is -2.09. The van der Waals surface area contributed by atoms with Gasteiger partial charge in [0.1, 0.15) is 0 Å². The van der Waals surface area contributed by atoms with Crippen LogP contribution in [0.15, 0.2) is 12.1 Å². The van der Waals surface area contributed by atoms with Gasteiger partial charge in [-0.25, -0.2) is 8.78 Å². The molecule has 14 heavy (non-hydrogen) atoms. The summed E-state index contributed by atoms with van der Waals surface area (Å²) in [6.45, 7) is 0. The lowest BCUT2D eigenvalue weighted by molar-refractivity contribution is 0.149. The fraction of sp³-hybridized carbons (Fsp3) is 0.400. The Hall–Kier alpha value is -1.16. The van der Waals surface area contributed by atoms with E-state index in [2.05, 4.69) is 0 Å². The van der Waals surface area contributed by atoms with E-state index in [4.69, 9.17) is 5.11 Å². The first kappa shape index (κ1) is 9.40. The van der Waals surface area contributed by atoms with Crippen molar-refractivity contribution in [2.45, 2.75) is 24.9 Å². The van der Waals surface area contributed by atoms with Gasteiger partial charge in [-0.05, 0) is 24.5 Å². The molecule has 0 saturated heterocycles. The van der Waals surface area contributed by atoms with Gasteiger partial charge in [0.15, 0.2) is 17.4 Å². The number of rotatable bonds is 2. The lowest BCUT2D eigenvalue weighted by atomic mass is 10.1. The fourth-order valence-corrected chi connectivity index (χ4v) is 1.39. The van der Waals surface area contributed by atoms with E-state index in [0.717, 1.165) is 6.07 Å². The normalized spacial score (nSPS) is 18.2. The molecule has 0 amide bonds. The van der Waals surface area contributed by atoms with E-state index in [0.29, 0.717) is 12.8 Å². The van der Waals surface area contributed by atoms with Crippen molar-refractivity contribution < 1.29 is 19.0 Å². The summed E-state index contributed by atoms with van der Waals surface area (Å²) >= 11 is 0. The van der Waals surface area contributed by atoms with Gasteiger partial charge in [0.05, 0.1) is 5.60 Å². The molecule has 76 valence electrons. The van der Waals surface area contributed by atoms with E-state index in [-0.39, 0.29) is 12.0 Å². The number of aromatic hydroxyl groups is 1. The maximum absolute atomic E-state index is 13.2. The number of hydrogen-bond donors (Lipinski definition) is 2. The molecule has 0 heterocycles. The van der Waals surface area contributed by atoms with Crippen molar-refractivity contribution in [3.63, 3.8) is 0 Å². The third-order valence-electron chi connectivity index (χ3n) is 2.49. The Morgan fingerprint density at radius 3 is 2.50 bits per heavy atom. The van der Waals surface area contributed by atoms with Crippen molar-refractivity contribution in [3.8, 4) is 5.75 Å². The van der Waals surface area contributed by atoms with E-state index >= 15 is 0 Å². The van der Waals surface area contributed by atoms with Crippen LogP contribution < -0.4 is 0 Å². The first-order valence-corrected chi connectivity index (χ1v) is 4.40. The summed E-state index contributed by atoms with van der Waals surface area (Å²) in [5.74, 6) is -2.91. The molecule has 1 aliphatic rings. The second-order valence-corrected chi connectivity index (χ2v) is 3.77. The van der Waals surface area contributed by atoms with Crippen molar-refractivity contribution in [1.29, 1.82) is 0 Å². The van der Waals surface area contributed by atoms with Gasteiger partial charge in [0.2, 0.25) is 0 Å². The molecule has 0 aliphatic heterocycles. The second-order valence-electron chi connectivity index (χ2n) is 3.77. The van der Waals surface area contributed by atoms with Gasteiger partial charge in [-0.2, -0.15) is 0 Å². The van der Waals surface area contributed by atoms with Crippen LogP contribution in [0.3, 0.4) is 0 Å². The van der Waals surface area contributed by atoms with Crippen molar-refractivity contribution in [1.82, 2.24) is 0 Å². The highest BCUT2D eigenvalue weighted by Gasteiger charge is 2.41. The molecular formula is C10H10F2O2. The second kappa shape index (κ2) is 2.92. The minimum absolute atomic E-state index is 0.132. The van der Waals surface area contributed by atoms with Crippen LogP contribution in [-0.2, 0) is 6.42 Å². The van der Waals surface area contributed by atoms with Crippen molar-refractivity contribution in [2.24, 2.45) is 0 Å². The van der Waals surface area contributed by atoms with Gasteiger partial charge >= 0.3 is 0 Å². The van der Waals surface area contributed by atoms with Crippen LogP contribution >= 0.6 is 0 Å². The molecular weight excluding hydrogens is 190 g/mol. The Labute approximate surface area is 79.8 Å². The maximum atomic E-state index is 13.2. The lowest BCUT2D eigenvalue weighted by Crippen LogP contribution is -2.12. The molecule has 1 saturated carbocycles. The van der Waals surface area contributed by atoms with Gasteiger partial charge in [-0.15, -0.1) is 0 Å². The minimum atomic E-state index is -0.978. The average Bonchev–Trinajstić information content (AvgIpc) is 2.86. The first-order chi connectivity index (χ1) is 6.52. The summed E-state index contributed by atoms with van der Waals surface area (Å²) in [5, 5.41) is 18.5. The van der Waals surface area contributed by atoms with Gasteiger partial charge in [-0.3, -0.25) is 0 Å². The molecule has 0 radical (unpaired) electrons. The SMILES string of the molecule is Oc1c(F)ccc(CC2(O)CC2)c1F. The smallest absolute Gasteiger partial charge is 0.188 e. The van der Waals surface area contributed by atoms with E-state index in [1.165, 1.54) is 6.07 Å². The summed E-state index contributed by atoms with van der Waals surface area (Å²) in [6, 6.07) is 2.25. The number of phenolic OH excluding ortho intramolecular Hbond substituents is 1. The molecule has 2 nitrogen and oxygen atoms in total. The summed E-state index contributed by atoms with van der Waals surface area (Å²) in [7, 11) is 0. The molecule has 2 rings (SSSR count). The van der Waals surface area contributed by atoms with E-state index in [9.17, 15) is 13.9 Å². The van der Waals surface area contributed by atoms with Crippen molar-refractivity contribution >= 4 is 0 Å². The van der Waals surface area contributed by atoms with Crippen LogP contribution in [0.25, 0.3) is 0 Å². The number of benzene rings is 1. The van der Waals surface area contributed by atoms with E-state index < -0.39 is 23.0 Å². The van der Waals surface area contributed by atoms with Crippen LogP contribution in [0, 0.1) is 11.6 Å². The Balaban J connectivity index is 2.30. The van der Waals surface area contributed by atoms with Crippen LogP contribution in [0.2, 0.25) is 0 Å². The molecule has 1 aromatic rings. The summed E-state index contributed by atoms with van der Waals surface area (Å²) < 4.78 is 25.9. The highest BCUT2D eigenvalue weighted by atomic mass is 19.1. The first-order valence-electron chi connectivity index (χ1n) is 4.40. The van der Waals surface area contributed by atoms with Crippen LogP contribution in [0.4, 0.5) is 8.78 Å². The van der Waals surface area contributed by atoms with Crippen LogP contribution in [0.5, 0.6) is 5.75 Å². The molecule has 1 aromatic carbocycles. The highest BCUT2D eigenvalue weighted by molar-refractivity contribution is 5.33. The molecule has 0 aromatic heterocycles. The molecule has 0 unspecified atom stereocenters. The molecule has 0 bridgehead atoms. The summed E-state index contributed by atoms with van der Waals surface area (Å²) in [4.78, 5) is 0. The Bertz CT molecular complexity index is 373. The Morgan fingerprint density at radius 1 is 1.29 bits per heavy atom. The quantitative estimate of drug-likeness (QED) is 0.763. The zero-order chi connectivity index (χ0) is 10.3. The topological polar surface area (TPSA) is 40.5 Å². The summed E-state index contributed by atoms with van der Waals surface area (Å²) in [5.41, 5.74) is -0.686. The zero-order valence-electron chi connectivity index (χ0n) is 7.43. The predicted molar refractivity (Wildman–Crippen MR) is 45.9 cm³/mol. The fourth-order valence-electron chi connectivity index (χ4n) is 1.39. The number of hydrogen-bond acceptors (Lipinski definition) is 2. The molecule has 1 fully saturated rings. The monoisotopic (exact) mass is 200 g/mol. The Kier molecular flexibility index (Phi) is 1.96. The van der Waals surface area contributed by atoms with Crippen molar-refractivity contribution in [3.05, 3.63) is 29.3 Å². The number of aliphatic hydroxyl groups is 1. The highest BCUT2D eigenvalue weighted by Crippen LogP contribution is 2.39. The van der Waals surface area contributed by atoms with Crippen molar-refractivity contribution in [2.75, 3.05) is 0 Å². The van der Waals surface area contributed by atoms with Gasteiger partial charge in [-0.1, -0.05) is 6.07 Å². The zero-order valence-corrected chi connectivity index (χ0v) is 7.43. The van der Waals surface area contributed by atoms with Gasteiger partial charge in [0.25, 0.3) is 0 Å². The maximum Gasteiger partial charge on any atom is 0.188 e. The molecule has 2 N–H and O–H groups in total. The molecule has 1 aliphatic carbocycles. The van der Waals surface area contributed by atoms with Gasteiger partial charge in [0, 0.05) is 6.42 Å². The Morgan fingerprint density at radius 2 is 1.93 bits per heavy atom. The molecule has 4 heteroatoms. The third-order valence-corrected chi connectivity index (χ3v) is 2.49. The molecule has 0 atom stereocenters. The van der Waals surface area contributed by atoms with E-state index in [1.54, 1.807) is 0 Å². The molecule has 0 spiro atoms. The third kappa shape index (κ3) is 1.57. The number of halogens is 2. The van der Waals surface area contributed by atoms with Crippen LogP contribution in [-0.4, -0.2) is 15.8 Å². The van der Waals surface area contributed by atoms with Crippen LogP contribution in [0.1, 0.15) is 18.4 Å². The average molecular weight is 200 g/mol. The van der Waals surface area contributed by atoms with Gasteiger partial charge < -0.3 is 10.2 Å².